The zero-order valence-corrected chi connectivity index (χ0v) is 14.8. The predicted molar refractivity (Wildman–Crippen MR) is 95.3 cm³/mol. The van der Waals surface area contributed by atoms with Crippen LogP contribution in [0.15, 0.2) is 52.9 Å². The summed E-state index contributed by atoms with van der Waals surface area (Å²) in [6, 6.07) is 14.4. The topological polar surface area (TPSA) is 70.8 Å². The molecule has 0 radical (unpaired) electrons. The minimum absolute atomic E-state index is 0.0144. The van der Waals surface area contributed by atoms with Crippen LogP contribution in [0.5, 0.6) is 11.5 Å². The fourth-order valence-electron chi connectivity index (χ4n) is 2.41. The average Bonchev–Trinajstić information content (AvgIpc) is 3.07. The third kappa shape index (κ3) is 3.85. The first-order valence-corrected chi connectivity index (χ1v) is 8.02. The van der Waals surface area contributed by atoms with E-state index in [1.165, 1.54) is 14.2 Å². The first-order chi connectivity index (χ1) is 12.6. The monoisotopic (exact) mass is 353 g/mol. The maximum Gasteiger partial charge on any atom is 0.338 e. The van der Waals surface area contributed by atoms with Crippen LogP contribution in [0, 0.1) is 6.92 Å². The maximum absolute atomic E-state index is 12.4. The van der Waals surface area contributed by atoms with E-state index in [0.717, 1.165) is 5.56 Å². The number of benzene rings is 2. The molecule has 0 spiro atoms. The molecule has 0 bridgehead atoms. The summed E-state index contributed by atoms with van der Waals surface area (Å²) in [6.45, 7) is 1.80. The molecule has 2 aromatic carbocycles. The Balaban J connectivity index is 1.73. The van der Waals surface area contributed by atoms with Crippen LogP contribution in [0.25, 0.3) is 11.5 Å². The number of rotatable bonds is 6. The molecule has 0 unspecified atom stereocenters. The van der Waals surface area contributed by atoms with Crippen LogP contribution in [-0.2, 0) is 11.3 Å². The van der Waals surface area contributed by atoms with E-state index in [2.05, 4.69) is 4.98 Å². The lowest BCUT2D eigenvalue weighted by molar-refractivity contribution is 0.0466. The zero-order chi connectivity index (χ0) is 18.5. The van der Waals surface area contributed by atoms with Crippen molar-refractivity contribution in [1.82, 2.24) is 4.98 Å². The summed E-state index contributed by atoms with van der Waals surface area (Å²) >= 11 is 0. The molecule has 0 fully saturated rings. The van der Waals surface area contributed by atoms with Crippen molar-refractivity contribution in [2.75, 3.05) is 14.2 Å². The molecule has 0 aliphatic heterocycles. The van der Waals surface area contributed by atoms with Gasteiger partial charge in [0.1, 0.15) is 29.6 Å². The number of esters is 1. The quantitative estimate of drug-likeness (QED) is 0.623. The lowest BCUT2D eigenvalue weighted by Crippen LogP contribution is -2.07. The highest BCUT2D eigenvalue weighted by Crippen LogP contribution is 2.24. The van der Waals surface area contributed by atoms with Gasteiger partial charge in [0.15, 0.2) is 0 Å². The maximum atomic E-state index is 12.4. The van der Waals surface area contributed by atoms with E-state index in [1.807, 2.05) is 30.3 Å². The molecule has 3 rings (SSSR count). The summed E-state index contributed by atoms with van der Waals surface area (Å²) in [6.07, 6.45) is 0. The molecule has 3 aromatic rings. The number of aryl methyl sites for hydroxylation is 1. The standard InChI is InChI=1S/C20H19NO5/c1-13-18(21-19(26-13)14-7-5-4-6-8-14)12-25-20(22)15-9-16(23-2)11-17(10-15)24-3/h4-11H,12H2,1-3H3. The number of oxazole rings is 1. The molecule has 26 heavy (non-hydrogen) atoms. The predicted octanol–water partition coefficient (Wildman–Crippen LogP) is 4.02. The van der Waals surface area contributed by atoms with Gasteiger partial charge in [0.05, 0.1) is 19.8 Å². The van der Waals surface area contributed by atoms with Gasteiger partial charge in [-0.2, -0.15) is 0 Å². The summed E-state index contributed by atoms with van der Waals surface area (Å²) in [5.74, 6) is 1.64. The zero-order valence-electron chi connectivity index (χ0n) is 14.8. The Morgan fingerprint density at radius 2 is 1.69 bits per heavy atom. The molecular formula is C20H19NO5. The number of nitrogens with zero attached hydrogens (tertiary/aromatic N) is 1. The summed E-state index contributed by atoms with van der Waals surface area (Å²) in [4.78, 5) is 16.8. The van der Waals surface area contributed by atoms with Gasteiger partial charge in [0.25, 0.3) is 0 Å². The molecule has 0 amide bonds. The second-order valence-electron chi connectivity index (χ2n) is 5.57. The van der Waals surface area contributed by atoms with E-state index in [1.54, 1.807) is 25.1 Å². The van der Waals surface area contributed by atoms with Gasteiger partial charge in [-0.25, -0.2) is 9.78 Å². The van der Waals surface area contributed by atoms with Gasteiger partial charge >= 0.3 is 5.97 Å². The van der Waals surface area contributed by atoms with Crippen LogP contribution < -0.4 is 9.47 Å². The molecule has 1 heterocycles. The second-order valence-corrected chi connectivity index (χ2v) is 5.57. The molecule has 0 aliphatic rings. The average molecular weight is 353 g/mol. The van der Waals surface area contributed by atoms with Crippen molar-refractivity contribution < 1.29 is 23.4 Å². The van der Waals surface area contributed by atoms with Crippen LogP contribution in [-0.4, -0.2) is 25.2 Å². The van der Waals surface area contributed by atoms with Crippen molar-refractivity contribution in [1.29, 1.82) is 0 Å². The normalized spacial score (nSPS) is 10.4. The van der Waals surface area contributed by atoms with Crippen LogP contribution in [0.1, 0.15) is 21.8 Å². The number of ether oxygens (including phenoxy) is 3. The number of methoxy groups -OCH3 is 2. The summed E-state index contributed by atoms with van der Waals surface area (Å²) in [5, 5.41) is 0. The number of hydrogen-bond acceptors (Lipinski definition) is 6. The lowest BCUT2D eigenvalue weighted by Gasteiger charge is -2.08. The highest BCUT2D eigenvalue weighted by molar-refractivity contribution is 5.90. The molecular weight excluding hydrogens is 334 g/mol. The van der Waals surface area contributed by atoms with E-state index in [-0.39, 0.29) is 6.61 Å². The SMILES string of the molecule is COc1cc(OC)cc(C(=O)OCc2nc(-c3ccccc3)oc2C)c1. The molecule has 0 saturated heterocycles. The van der Waals surface area contributed by atoms with Gasteiger partial charge in [0, 0.05) is 11.6 Å². The van der Waals surface area contributed by atoms with Crippen molar-refractivity contribution in [3.8, 4) is 23.0 Å². The third-order valence-corrected chi connectivity index (χ3v) is 3.84. The van der Waals surface area contributed by atoms with Crippen LogP contribution in [0.3, 0.4) is 0 Å². The van der Waals surface area contributed by atoms with Crippen molar-refractivity contribution in [2.45, 2.75) is 13.5 Å². The lowest BCUT2D eigenvalue weighted by atomic mass is 10.2. The van der Waals surface area contributed by atoms with Crippen molar-refractivity contribution >= 4 is 5.97 Å². The van der Waals surface area contributed by atoms with Crippen LogP contribution in [0.2, 0.25) is 0 Å². The Hall–Kier alpha value is -3.28. The molecule has 0 saturated carbocycles. The largest absolute Gasteiger partial charge is 0.497 e. The van der Waals surface area contributed by atoms with Gasteiger partial charge in [-0.3, -0.25) is 0 Å². The number of aromatic nitrogens is 1. The Kier molecular flexibility index (Phi) is 5.22. The Morgan fingerprint density at radius 3 is 2.31 bits per heavy atom. The molecule has 134 valence electrons. The van der Waals surface area contributed by atoms with Crippen LogP contribution >= 0.6 is 0 Å². The molecule has 6 heteroatoms. The molecule has 6 nitrogen and oxygen atoms in total. The third-order valence-electron chi connectivity index (χ3n) is 3.84. The Bertz CT molecular complexity index is 880. The molecule has 1 aromatic heterocycles. The minimum atomic E-state index is -0.495. The summed E-state index contributed by atoms with van der Waals surface area (Å²) < 4.78 is 21.4. The van der Waals surface area contributed by atoms with E-state index >= 15 is 0 Å². The highest BCUT2D eigenvalue weighted by Gasteiger charge is 2.15. The molecule has 0 atom stereocenters. The van der Waals surface area contributed by atoms with Crippen molar-refractivity contribution in [3.05, 3.63) is 65.5 Å². The Morgan fingerprint density at radius 1 is 1.04 bits per heavy atom. The minimum Gasteiger partial charge on any atom is -0.497 e. The van der Waals surface area contributed by atoms with E-state index < -0.39 is 5.97 Å². The van der Waals surface area contributed by atoms with Crippen molar-refractivity contribution in [3.63, 3.8) is 0 Å². The molecule has 0 aliphatic carbocycles. The van der Waals surface area contributed by atoms with Gasteiger partial charge in [0.2, 0.25) is 5.89 Å². The van der Waals surface area contributed by atoms with Crippen LogP contribution in [0.4, 0.5) is 0 Å². The highest BCUT2D eigenvalue weighted by atomic mass is 16.5. The smallest absolute Gasteiger partial charge is 0.338 e. The van der Waals surface area contributed by atoms with Gasteiger partial charge in [-0.1, -0.05) is 18.2 Å². The number of hydrogen-bond donors (Lipinski definition) is 0. The van der Waals surface area contributed by atoms with E-state index in [4.69, 9.17) is 18.6 Å². The number of carbonyl (C=O) groups excluding carboxylic acids is 1. The van der Waals surface area contributed by atoms with E-state index in [0.29, 0.717) is 34.4 Å². The van der Waals surface area contributed by atoms with Gasteiger partial charge in [-0.05, 0) is 31.2 Å². The van der Waals surface area contributed by atoms with E-state index in [9.17, 15) is 4.79 Å². The number of carbonyl (C=O) groups is 1. The first kappa shape index (κ1) is 17.5. The fraction of sp³-hybridized carbons (Fsp3) is 0.200. The van der Waals surface area contributed by atoms with Gasteiger partial charge < -0.3 is 18.6 Å². The summed E-state index contributed by atoms with van der Waals surface area (Å²) in [7, 11) is 3.04. The molecule has 0 N–H and O–H groups in total. The van der Waals surface area contributed by atoms with Crippen molar-refractivity contribution in [2.24, 2.45) is 0 Å². The Labute approximate surface area is 151 Å². The second kappa shape index (κ2) is 7.74. The van der Waals surface area contributed by atoms with Gasteiger partial charge in [-0.15, -0.1) is 0 Å². The summed E-state index contributed by atoms with van der Waals surface area (Å²) in [5.41, 5.74) is 1.78. The first-order valence-electron chi connectivity index (χ1n) is 8.02. The fourth-order valence-corrected chi connectivity index (χ4v) is 2.41.